The highest BCUT2D eigenvalue weighted by atomic mass is 16.3. The van der Waals surface area contributed by atoms with E-state index in [4.69, 9.17) is 0 Å². The largest absolute Gasteiger partial charge is 0.492 e. The summed E-state index contributed by atoms with van der Waals surface area (Å²) in [5.74, 6) is 0.414. The van der Waals surface area contributed by atoms with Gasteiger partial charge in [0.25, 0.3) is 0 Å². The van der Waals surface area contributed by atoms with Crippen molar-refractivity contribution >= 4 is 0 Å². The van der Waals surface area contributed by atoms with E-state index in [-0.39, 0.29) is 17.8 Å². The van der Waals surface area contributed by atoms with Crippen molar-refractivity contribution in [1.82, 2.24) is 15.0 Å². The summed E-state index contributed by atoms with van der Waals surface area (Å²) in [5, 5.41) is 17.4. The molecule has 0 aliphatic rings. The third-order valence-corrected chi connectivity index (χ3v) is 1.73. The summed E-state index contributed by atoms with van der Waals surface area (Å²) in [6.45, 7) is 7.87. The normalized spacial score (nSPS) is 11.5. The first-order chi connectivity index (χ1) is 5.54. The molecule has 0 amide bonds. The van der Waals surface area contributed by atoms with Gasteiger partial charge in [-0.2, -0.15) is 0 Å². The third-order valence-electron chi connectivity index (χ3n) is 1.73. The molecular formula is C8H15N3O. The topological polar surface area (TPSA) is 50.9 Å². The molecule has 0 aromatic carbocycles. The van der Waals surface area contributed by atoms with E-state index >= 15 is 0 Å². The molecule has 68 valence electrons. The second-order valence-corrected chi connectivity index (χ2v) is 3.49. The molecule has 0 aliphatic heterocycles. The maximum Gasteiger partial charge on any atom is 0.233 e. The summed E-state index contributed by atoms with van der Waals surface area (Å²) in [6, 6.07) is 0.157. The van der Waals surface area contributed by atoms with Crippen LogP contribution in [0, 0.1) is 0 Å². The Balaban J connectivity index is 3.04. The fraction of sp³-hybridized carbons (Fsp3) is 0.750. The third kappa shape index (κ3) is 1.42. The molecule has 0 saturated heterocycles. The van der Waals surface area contributed by atoms with Gasteiger partial charge < -0.3 is 5.11 Å². The van der Waals surface area contributed by atoms with Crippen LogP contribution in [0.2, 0.25) is 0 Å². The summed E-state index contributed by atoms with van der Waals surface area (Å²) < 4.78 is 1.52. The van der Waals surface area contributed by atoms with Gasteiger partial charge in [-0.15, -0.1) is 5.10 Å². The number of hydrogen-bond acceptors (Lipinski definition) is 3. The Labute approximate surface area is 72.2 Å². The van der Waals surface area contributed by atoms with Gasteiger partial charge in [0.15, 0.2) is 0 Å². The smallest absolute Gasteiger partial charge is 0.233 e. The van der Waals surface area contributed by atoms with Crippen LogP contribution in [0.5, 0.6) is 5.88 Å². The molecule has 1 N–H and O–H groups in total. The molecule has 4 nitrogen and oxygen atoms in total. The maximum atomic E-state index is 9.61. The van der Waals surface area contributed by atoms with Crippen LogP contribution in [0.1, 0.15) is 45.3 Å². The van der Waals surface area contributed by atoms with E-state index in [9.17, 15) is 5.11 Å². The van der Waals surface area contributed by atoms with Crippen LogP contribution in [0.15, 0.2) is 0 Å². The molecule has 0 spiro atoms. The Bertz CT molecular complexity index is 240. The van der Waals surface area contributed by atoms with Crippen molar-refractivity contribution in [3.8, 4) is 5.88 Å². The van der Waals surface area contributed by atoms with Gasteiger partial charge in [0.1, 0.15) is 5.69 Å². The van der Waals surface area contributed by atoms with Crippen molar-refractivity contribution in [1.29, 1.82) is 0 Å². The average Bonchev–Trinajstić information content (AvgIpc) is 2.30. The zero-order valence-electron chi connectivity index (χ0n) is 7.94. The van der Waals surface area contributed by atoms with E-state index in [1.54, 1.807) is 0 Å². The number of rotatable bonds is 2. The molecular weight excluding hydrogens is 154 g/mol. The van der Waals surface area contributed by atoms with Gasteiger partial charge in [-0.05, 0) is 13.8 Å². The van der Waals surface area contributed by atoms with Crippen LogP contribution in [0.4, 0.5) is 0 Å². The van der Waals surface area contributed by atoms with Gasteiger partial charge in [-0.25, -0.2) is 4.68 Å². The highest BCUT2D eigenvalue weighted by molar-refractivity contribution is 5.19. The lowest BCUT2D eigenvalue weighted by molar-refractivity contribution is 0.371. The second kappa shape index (κ2) is 3.13. The number of aromatic nitrogens is 3. The first-order valence-electron chi connectivity index (χ1n) is 4.18. The van der Waals surface area contributed by atoms with E-state index in [0.29, 0.717) is 5.69 Å². The van der Waals surface area contributed by atoms with E-state index in [1.807, 2.05) is 27.7 Å². The average molecular weight is 169 g/mol. The molecule has 0 unspecified atom stereocenters. The maximum absolute atomic E-state index is 9.61. The predicted octanol–water partition coefficient (Wildman–Crippen LogP) is 1.69. The van der Waals surface area contributed by atoms with Crippen LogP contribution in [0.25, 0.3) is 0 Å². The SMILES string of the molecule is CC(C)c1nnn(C(C)C)c1O. The van der Waals surface area contributed by atoms with E-state index in [0.717, 1.165) is 0 Å². The standard InChI is InChI=1S/C8H15N3O/c1-5(2)7-8(12)11(6(3)4)10-9-7/h5-6,12H,1-4H3. The number of aromatic hydroxyl groups is 1. The Morgan fingerprint density at radius 2 is 1.83 bits per heavy atom. The summed E-state index contributed by atoms with van der Waals surface area (Å²) in [6.07, 6.45) is 0. The summed E-state index contributed by atoms with van der Waals surface area (Å²) in [5.41, 5.74) is 0.670. The van der Waals surface area contributed by atoms with Crippen LogP contribution in [-0.2, 0) is 0 Å². The minimum atomic E-state index is 0.157. The molecule has 0 radical (unpaired) electrons. The number of nitrogens with zero attached hydrogens (tertiary/aromatic N) is 3. The Morgan fingerprint density at radius 3 is 2.08 bits per heavy atom. The van der Waals surface area contributed by atoms with Crippen molar-refractivity contribution in [2.75, 3.05) is 0 Å². The molecule has 0 fully saturated rings. The zero-order valence-corrected chi connectivity index (χ0v) is 7.94. The summed E-state index contributed by atoms with van der Waals surface area (Å²) in [7, 11) is 0. The Kier molecular flexibility index (Phi) is 2.35. The molecule has 0 bridgehead atoms. The van der Waals surface area contributed by atoms with Crippen molar-refractivity contribution in [3.05, 3.63) is 5.69 Å². The minimum Gasteiger partial charge on any atom is -0.492 e. The number of hydrogen-bond donors (Lipinski definition) is 1. The van der Waals surface area contributed by atoms with Crippen LogP contribution >= 0.6 is 0 Å². The van der Waals surface area contributed by atoms with E-state index in [1.165, 1.54) is 4.68 Å². The Hall–Kier alpha value is -1.06. The van der Waals surface area contributed by atoms with E-state index < -0.39 is 0 Å². The van der Waals surface area contributed by atoms with Crippen molar-refractivity contribution in [3.63, 3.8) is 0 Å². The molecule has 12 heavy (non-hydrogen) atoms. The molecule has 1 rings (SSSR count). The first-order valence-corrected chi connectivity index (χ1v) is 4.18. The monoisotopic (exact) mass is 169 g/mol. The molecule has 1 heterocycles. The lowest BCUT2D eigenvalue weighted by Crippen LogP contribution is -2.02. The molecule has 4 heteroatoms. The van der Waals surface area contributed by atoms with Crippen LogP contribution < -0.4 is 0 Å². The quantitative estimate of drug-likeness (QED) is 0.732. The summed E-state index contributed by atoms with van der Waals surface area (Å²) in [4.78, 5) is 0. The van der Waals surface area contributed by atoms with Gasteiger partial charge in [0, 0.05) is 5.92 Å². The fourth-order valence-electron chi connectivity index (χ4n) is 1.02. The molecule has 1 aromatic heterocycles. The molecule has 0 saturated carbocycles. The highest BCUT2D eigenvalue weighted by Gasteiger charge is 2.15. The molecule has 1 aromatic rings. The van der Waals surface area contributed by atoms with Crippen molar-refractivity contribution in [2.45, 2.75) is 39.7 Å². The van der Waals surface area contributed by atoms with Gasteiger partial charge in [0.05, 0.1) is 6.04 Å². The van der Waals surface area contributed by atoms with Gasteiger partial charge in [-0.3, -0.25) is 0 Å². The van der Waals surface area contributed by atoms with Crippen molar-refractivity contribution < 1.29 is 5.11 Å². The van der Waals surface area contributed by atoms with Gasteiger partial charge >= 0.3 is 0 Å². The summed E-state index contributed by atoms with van der Waals surface area (Å²) >= 11 is 0. The minimum absolute atomic E-state index is 0.157. The van der Waals surface area contributed by atoms with Crippen LogP contribution in [0.3, 0.4) is 0 Å². The molecule has 0 aliphatic carbocycles. The lowest BCUT2D eigenvalue weighted by Gasteiger charge is -2.05. The Morgan fingerprint density at radius 1 is 1.25 bits per heavy atom. The lowest BCUT2D eigenvalue weighted by atomic mass is 10.1. The van der Waals surface area contributed by atoms with Gasteiger partial charge in [0.2, 0.25) is 5.88 Å². The first kappa shape index (κ1) is 9.03. The molecule has 0 atom stereocenters. The highest BCUT2D eigenvalue weighted by Crippen LogP contribution is 2.24. The fourth-order valence-corrected chi connectivity index (χ4v) is 1.02. The van der Waals surface area contributed by atoms with Crippen molar-refractivity contribution in [2.24, 2.45) is 0 Å². The van der Waals surface area contributed by atoms with Crippen LogP contribution in [-0.4, -0.2) is 20.1 Å². The second-order valence-electron chi connectivity index (χ2n) is 3.49. The predicted molar refractivity (Wildman–Crippen MR) is 46.2 cm³/mol. The van der Waals surface area contributed by atoms with E-state index in [2.05, 4.69) is 10.3 Å². The van der Waals surface area contributed by atoms with Gasteiger partial charge in [-0.1, -0.05) is 19.1 Å². The zero-order chi connectivity index (χ0) is 9.30.